The lowest BCUT2D eigenvalue weighted by atomic mass is 10.00. The van der Waals surface area contributed by atoms with E-state index in [1.807, 2.05) is 0 Å². The lowest BCUT2D eigenvalue weighted by Crippen LogP contribution is -2.46. The zero-order valence-corrected chi connectivity index (χ0v) is 11.5. The molecule has 108 valence electrons. The molecule has 1 amide bonds. The van der Waals surface area contributed by atoms with Gasteiger partial charge in [-0.1, -0.05) is 0 Å². The smallest absolute Gasteiger partial charge is 0.288 e. The highest BCUT2D eigenvalue weighted by atomic mass is 16.6. The van der Waals surface area contributed by atoms with Gasteiger partial charge in [0.1, 0.15) is 6.20 Å². The minimum atomic E-state index is -0.546. The minimum Gasteiger partial charge on any atom is -0.349 e. The Labute approximate surface area is 116 Å². The van der Waals surface area contributed by atoms with E-state index in [0.29, 0.717) is 11.7 Å². The summed E-state index contributed by atoms with van der Waals surface area (Å²) in [5, 5.41) is 17.0. The predicted molar refractivity (Wildman–Crippen MR) is 73.6 cm³/mol. The molecule has 7 heteroatoms. The largest absolute Gasteiger partial charge is 0.349 e. The average molecular weight is 278 g/mol. The molecule has 0 spiro atoms. The van der Waals surface area contributed by atoms with Crippen LogP contribution in [-0.2, 0) is 0 Å². The van der Waals surface area contributed by atoms with Crippen molar-refractivity contribution >= 4 is 11.6 Å². The summed E-state index contributed by atoms with van der Waals surface area (Å²) in [5.41, 5.74) is 0.597. The van der Waals surface area contributed by atoms with Crippen LogP contribution in [0.25, 0.3) is 0 Å². The number of hydrogen-bond donors (Lipinski definition) is 2. The zero-order chi connectivity index (χ0) is 14.7. The summed E-state index contributed by atoms with van der Waals surface area (Å²) in [4.78, 5) is 26.3. The van der Waals surface area contributed by atoms with Crippen LogP contribution in [0.3, 0.4) is 0 Å². The Morgan fingerprint density at radius 1 is 1.60 bits per heavy atom. The number of piperidine rings is 1. The van der Waals surface area contributed by atoms with Crippen LogP contribution < -0.4 is 10.6 Å². The summed E-state index contributed by atoms with van der Waals surface area (Å²) in [6.45, 7) is 4.60. The minimum absolute atomic E-state index is 0.0948. The highest BCUT2D eigenvalue weighted by Gasteiger charge is 2.22. The van der Waals surface area contributed by atoms with Gasteiger partial charge in [-0.3, -0.25) is 19.9 Å². The van der Waals surface area contributed by atoms with Crippen molar-refractivity contribution < 1.29 is 9.72 Å². The number of pyridine rings is 1. The monoisotopic (exact) mass is 278 g/mol. The van der Waals surface area contributed by atoms with Gasteiger partial charge in [0.2, 0.25) is 0 Å². The molecule has 1 fully saturated rings. The molecule has 2 unspecified atom stereocenters. The molecule has 0 aliphatic carbocycles. The Kier molecular flexibility index (Phi) is 4.29. The first kappa shape index (κ1) is 14.4. The molecule has 7 nitrogen and oxygen atoms in total. The summed E-state index contributed by atoms with van der Waals surface area (Å²) >= 11 is 0. The van der Waals surface area contributed by atoms with Crippen LogP contribution in [0.4, 0.5) is 5.69 Å². The Morgan fingerprint density at radius 2 is 2.35 bits per heavy atom. The Morgan fingerprint density at radius 3 is 3.00 bits per heavy atom. The number of carbonyl (C=O) groups excluding carboxylic acids is 1. The standard InChI is InChI=1S/C13H18N4O3/c1-8-5-10(3-4-14-8)16-13(18)12-6-11(17(19)20)7-15-9(12)2/h6-8,10,14H,3-5H2,1-2H3,(H,16,18). The summed E-state index contributed by atoms with van der Waals surface area (Å²) in [6, 6.07) is 1.73. The van der Waals surface area contributed by atoms with Crippen LogP contribution in [-0.4, -0.2) is 34.4 Å². The quantitative estimate of drug-likeness (QED) is 0.639. The van der Waals surface area contributed by atoms with Crippen LogP contribution in [0, 0.1) is 17.0 Å². The Hall–Kier alpha value is -2.02. The maximum absolute atomic E-state index is 12.2. The molecular weight excluding hydrogens is 260 g/mol. The molecular formula is C13H18N4O3. The van der Waals surface area contributed by atoms with Crippen molar-refractivity contribution in [2.45, 2.75) is 38.8 Å². The maximum atomic E-state index is 12.2. The summed E-state index contributed by atoms with van der Waals surface area (Å²) in [5.74, 6) is -0.294. The number of carbonyl (C=O) groups is 1. The van der Waals surface area contributed by atoms with E-state index in [4.69, 9.17) is 0 Å². The molecule has 2 atom stereocenters. The molecule has 0 aromatic carbocycles. The first-order valence-corrected chi connectivity index (χ1v) is 6.62. The van der Waals surface area contributed by atoms with E-state index in [2.05, 4.69) is 22.5 Å². The second kappa shape index (κ2) is 5.96. The van der Waals surface area contributed by atoms with Gasteiger partial charge >= 0.3 is 0 Å². The molecule has 20 heavy (non-hydrogen) atoms. The number of aromatic nitrogens is 1. The fraction of sp³-hybridized carbons (Fsp3) is 0.538. The molecule has 0 bridgehead atoms. The van der Waals surface area contributed by atoms with Gasteiger partial charge in [0.25, 0.3) is 11.6 Å². The summed E-state index contributed by atoms with van der Waals surface area (Å²) < 4.78 is 0. The number of hydrogen-bond acceptors (Lipinski definition) is 5. The normalized spacial score (nSPS) is 22.3. The molecule has 1 aliphatic rings. The molecule has 2 heterocycles. The van der Waals surface area contributed by atoms with Gasteiger partial charge in [-0.2, -0.15) is 0 Å². The third-order valence-corrected chi connectivity index (χ3v) is 3.49. The van der Waals surface area contributed by atoms with Crippen LogP contribution in [0.1, 0.15) is 35.8 Å². The molecule has 0 saturated carbocycles. The van der Waals surface area contributed by atoms with Gasteiger partial charge in [-0.15, -0.1) is 0 Å². The number of amides is 1. The Balaban J connectivity index is 2.12. The topological polar surface area (TPSA) is 97.2 Å². The first-order valence-electron chi connectivity index (χ1n) is 6.62. The molecule has 2 rings (SSSR count). The van der Waals surface area contributed by atoms with Crippen LogP contribution in [0.15, 0.2) is 12.3 Å². The van der Waals surface area contributed by atoms with Gasteiger partial charge in [0, 0.05) is 18.2 Å². The lowest BCUT2D eigenvalue weighted by Gasteiger charge is -2.28. The predicted octanol–water partition coefficient (Wildman–Crippen LogP) is 1.17. The van der Waals surface area contributed by atoms with E-state index in [1.54, 1.807) is 6.92 Å². The maximum Gasteiger partial charge on any atom is 0.288 e. The van der Waals surface area contributed by atoms with Crippen molar-refractivity contribution in [3.8, 4) is 0 Å². The van der Waals surface area contributed by atoms with E-state index in [0.717, 1.165) is 19.4 Å². The molecule has 1 saturated heterocycles. The van der Waals surface area contributed by atoms with Crippen molar-refractivity contribution in [3.63, 3.8) is 0 Å². The highest BCUT2D eigenvalue weighted by Crippen LogP contribution is 2.16. The van der Waals surface area contributed by atoms with Crippen LogP contribution >= 0.6 is 0 Å². The van der Waals surface area contributed by atoms with Gasteiger partial charge in [0.05, 0.1) is 16.2 Å². The third kappa shape index (κ3) is 3.30. The fourth-order valence-corrected chi connectivity index (χ4v) is 2.38. The molecule has 1 aromatic heterocycles. The number of aryl methyl sites for hydroxylation is 1. The van der Waals surface area contributed by atoms with Gasteiger partial charge in [-0.05, 0) is 33.2 Å². The van der Waals surface area contributed by atoms with E-state index < -0.39 is 4.92 Å². The third-order valence-electron chi connectivity index (χ3n) is 3.49. The van der Waals surface area contributed by atoms with Gasteiger partial charge < -0.3 is 10.6 Å². The van der Waals surface area contributed by atoms with Crippen molar-refractivity contribution in [1.82, 2.24) is 15.6 Å². The van der Waals surface area contributed by atoms with E-state index in [-0.39, 0.29) is 23.2 Å². The Bertz CT molecular complexity index is 532. The van der Waals surface area contributed by atoms with E-state index in [1.165, 1.54) is 12.3 Å². The highest BCUT2D eigenvalue weighted by molar-refractivity contribution is 5.95. The SMILES string of the molecule is Cc1ncc([N+](=O)[O-])cc1C(=O)NC1CCNC(C)C1. The van der Waals surface area contributed by atoms with Crippen molar-refractivity contribution in [2.24, 2.45) is 0 Å². The number of nitrogens with one attached hydrogen (secondary N) is 2. The molecule has 1 aromatic rings. The fourth-order valence-electron chi connectivity index (χ4n) is 2.38. The second-order valence-electron chi connectivity index (χ2n) is 5.13. The zero-order valence-electron chi connectivity index (χ0n) is 11.5. The van der Waals surface area contributed by atoms with Crippen molar-refractivity contribution in [2.75, 3.05) is 6.54 Å². The van der Waals surface area contributed by atoms with E-state index >= 15 is 0 Å². The average Bonchev–Trinajstić information content (AvgIpc) is 2.38. The summed E-state index contributed by atoms with van der Waals surface area (Å²) in [6.07, 6.45) is 2.88. The molecule has 2 N–H and O–H groups in total. The number of rotatable bonds is 3. The van der Waals surface area contributed by atoms with Crippen molar-refractivity contribution in [1.29, 1.82) is 0 Å². The molecule has 0 radical (unpaired) electrons. The number of nitrogens with zero attached hydrogens (tertiary/aromatic N) is 2. The van der Waals surface area contributed by atoms with Crippen LogP contribution in [0.5, 0.6) is 0 Å². The number of nitro groups is 1. The van der Waals surface area contributed by atoms with Crippen LogP contribution in [0.2, 0.25) is 0 Å². The molecule has 1 aliphatic heterocycles. The van der Waals surface area contributed by atoms with Gasteiger partial charge in [-0.25, -0.2) is 0 Å². The summed E-state index contributed by atoms with van der Waals surface area (Å²) in [7, 11) is 0. The van der Waals surface area contributed by atoms with Gasteiger partial charge in [0.15, 0.2) is 0 Å². The lowest BCUT2D eigenvalue weighted by molar-refractivity contribution is -0.385. The second-order valence-corrected chi connectivity index (χ2v) is 5.13. The van der Waals surface area contributed by atoms with E-state index in [9.17, 15) is 14.9 Å². The van der Waals surface area contributed by atoms with Crippen molar-refractivity contribution in [3.05, 3.63) is 33.6 Å². The first-order chi connectivity index (χ1) is 9.47.